The molecule has 0 aromatic carbocycles. The normalized spacial score (nSPS) is 12.9. The van der Waals surface area contributed by atoms with Crippen LogP contribution >= 0.6 is 0 Å². The average molecular weight is 364 g/mol. The van der Waals surface area contributed by atoms with Crippen molar-refractivity contribution in [2.24, 2.45) is 0 Å². The first-order chi connectivity index (χ1) is 11.0. The van der Waals surface area contributed by atoms with Gasteiger partial charge in [-0.3, -0.25) is 0 Å². The van der Waals surface area contributed by atoms with E-state index >= 15 is 0 Å². The second-order valence-electron chi connectivity index (χ2n) is 8.29. The first-order valence-corrected chi connectivity index (χ1v) is 10.5. The van der Waals surface area contributed by atoms with E-state index in [4.69, 9.17) is 0 Å². The van der Waals surface area contributed by atoms with Crippen LogP contribution in [0.3, 0.4) is 0 Å². The van der Waals surface area contributed by atoms with Crippen molar-refractivity contribution in [2.45, 2.75) is 110 Å². The van der Waals surface area contributed by atoms with Crippen molar-refractivity contribution < 1.29 is 22.0 Å². The SMILES string of the molecule is CCCCCCCCCCCCCCCC[N+](C)(C)CC(C)O.[Cl-]. The molecule has 1 unspecified atom stereocenters. The Morgan fingerprint density at radius 2 is 1.00 bits per heavy atom. The molecule has 0 aromatic heterocycles. The molecule has 0 fully saturated rings. The summed E-state index contributed by atoms with van der Waals surface area (Å²) in [6.07, 6.45) is 19.7. The highest BCUT2D eigenvalue weighted by atomic mass is 35.5. The van der Waals surface area contributed by atoms with Crippen molar-refractivity contribution in [3.05, 3.63) is 0 Å². The molecule has 0 radical (unpaired) electrons. The van der Waals surface area contributed by atoms with E-state index in [1.165, 1.54) is 96.4 Å². The molecule has 2 nitrogen and oxygen atoms in total. The lowest BCUT2D eigenvalue weighted by atomic mass is 10.0. The molecular weight excluding hydrogens is 318 g/mol. The molecule has 0 spiro atoms. The third-order valence-electron chi connectivity index (χ3n) is 4.88. The predicted molar refractivity (Wildman–Crippen MR) is 104 cm³/mol. The van der Waals surface area contributed by atoms with Gasteiger partial charge in [-0.05, 0) is 19.8 Å². The summed E-state index contributed by atoms with van der Waals surface area (Å²) in [5.74, 6) is 0. The van der Waals surface area contributed by atoms with Gasteiger partial charge < -0.3 is 22.0 Å². The largest absolute Gasteiger partial charge is 1.00 e. The van der Waals surface area contributed by atoms with Crippen LogP contribution in [0.2, 0.25) is 0 Å². The predicted octanol–water partition coefficient (Wildman–Crippen LogP) is 2.93. The molecule has 1 atom stereocenters. The van der Waals surface area contributed by atoms with Crippen LogP contribution in [0.25, 0.3) is 0 Å². The molecule has 3 heteroatoms. The number of quaternary nitrogens is 1. The Labute approximate surface area is 159 Å². The number of hydrogen-bond donors (Lipinski definition) is 1. The zero-order chi connectivity index (χ0) is 17.4. The molecule has 1 N–H and O–H groups in total. The maximum atomic E-state index is 9.49. The molecule has 24 heavy (non-hydrogen) atoms. The van der Waals surface area contributed by atoms with Crippen molar-refractivity contribution >= 4 is 0 Å². The van der Waals surface area contributed by atoms with Gasteiger partial charge in [0.2, 0.25) is 0 Å². The third-order valence-corrected chi connectivity index (χ3v) is 4.88. The van der Waals surface area contributed by atoms with E-state index in [9.17, 15) is 5.11 Å². The Hall–Kier alpha value is 0.210. The van der Waals surface area contributed by atoms with Crippen LogP contribution in [0.5, 0.6) is 0 Å². The fraction of sp³-hybridized carbons (Fsp3) is 1.00. The zero-order valence-electron chi connectivity index (χ0n) is 17.2. The molecule has 148 valence electrons. The van der Waals surface area contributed by atoms with Gasteiger partial charge >= 0.3 is 0 Å². The molecule has 0 heterocycles. The smallest absolute Gasteiger partial charge is 0.104 e. The molecule has 0 aliphatic rings. The summed E-state index contributed by atoms with van der Waals surface area (Å²) in [4.78, 5) is 0. The summed E-state index contributed by atoms with van der Waals surface area (Å²) in [6, 6.07) is 0. The molecule has 0 rings (SSSR count). The number of hydrogen-bond acceptors (Lipinski definition) is 1. The number of aliphatic hydroxyl groups is 1. The molecular formula is C21H46ClNO. The highest BCUT2D eigenvalue weighted by Crippen LogP contribution is 2.13. The van der Waals surface area contributed by atoms with Gasteiger partial charge in [0.25, 0.3) is 0 Å². The summed E-state index contributed by atoms with van der Waals surface area (Å²) in [5.41, 5.74) is 0. The lowest BCUT2D eigenvalue weighted by Gasteiger charge is -2.31. The Bertz CT molecular complexity index is 244. The molecule has 0 bridgehead atoms. The van der Waals surface area contributed by atoms with Gasteiger partial charge in [-0.1, -0.05) is 84.0 Å². The second kappa shape index (κ2) is 18.0. The second-order valence-corrected chi connectivity index (χ2v) is 8.29. The van der Waals surface area contributed by atoms with E-state index in [2.05, 4.69) is 21.0 Å². The van der Waals surface area contributed by atoms with Crippen LogP contribution in [0.4, 0.5) is 0 Å². The zero-order valence-corrected chi connectivity index (χ0v) is 17.9. The first-order valence-electron chi connectivity index (χ1n) is 10.5. The summed E-state index contributed by atoms with van der Waals surface area (Å²) < 4.78 is 0.954. The number of rotatable bonds is 17. The lowest BCUT2D eigenvalue weighted by molar-refractivity contribution is -0.893. The number of aliphatic hydroxyl groups excluding tert-OH is 1. The van der Waals surface area contributed by atoms with Crippen LogP contribution in [-0.4, -0.2) is 42.9 Å². The van der Waals surface area contributed by atoms with E-state index in [0.717, 1.165) is 11.0 Å². The minimum atomic E-state index is -0.184. The van der Waals surface area contributed by atoms with Crippen molar-refractivity contribution in [1.29, 1.82) is 0 Å². The van der Waals surface area contributed by atoms with E-state index in [1.807, 2.05) is 6.92 Å². The average Bonchev–Trinajstić information content (AvgIpc) is 2.46. The van der Waals surface area contributed by atoms with Crippen molar-refractivity contribution in [1.82, 2.24) is 0 Å². The summed E-state index contributed by atoms with van der Waals surface area (Å²) in [7, 11) is 4.46. The van der Waals surface area contributed by atoms with Gasteiger partial charge in [0.05, 0.1) is 20.6 Å². The molecule has 0 aromatic rings. The Balaban J connectivity index is 0. The maximum Gasteiger partial charge on any atom is 0.104 e. The van der Waals surface area contributed by atoms with Crippen molar-refractivity contribution in [2.75, 3.05) is 27.2 Å². The number of likely N-dealkylation sites (N-methyl/N-ethyl adjacent to an activating group) is 1. The van der Waals surface area contributed by atoms with Crippen molar-refractivity contribution in [3.8, 4) is 0 Å². The fourth-order valence-electron chi connectivity index (χ4n) is 3.54. The Morgan fingerprint density at radius 1 is 0.667 bits per heavy atom. The third kappa shape index (κ3) is 20.3. The summed E-state index contributed by atoms with van der Waals surface area (Å²) >= 11 is 0. The van der Waals surface area contributed by atoms with E-state index in [1.54, 1.807) is 0 Å². The van der Waals surface area contributed by atoms with Crippen LogP contribution in [-0.2, 0) is 0 Å². The molecule has 0 aliphatic carbocycles. The van der Waals surface area contributed by atoms with Gasteiger partial charge in [-0.25, -0.2) is 0 Å². The standard InChI is InChI=1S/C21H46NO.ClH/c1-5-6-7-8-9-10-11-12-13-14-15-16-17-18-19-22(3,4)20-21(2)23;/h21,23H,5-20H2,1-4H3;1H/q+1;/p-1. The highest BCUT2D eigenvalue weighted by Gasteiger charge is 2.16. The van der Waals surface area contributed by atoms with Gasteiger partial charge in [-0.2, -0.15) is 0 Å². The highest BCUT2D eigenvalue weighted by molar-refractivity contribution is 4.50. The maximum absolute atomic E-state index is 9.49. The van der Waals surface area contributed by atoms with E-state index in [-0.39, 0.29) is 18.5 Å². The number of nitrogens with zero attached hydrogens (tertiary/aromatic N) is 1. The minimum Gasteiger partial charge on any atom is -1.00 e. The van der Waals surface area contributed by atoms with Gasteiger partial charge in [0, 0.05) is 0 Å². The van der Waals surface area contributed by atoms with Gasteiger partial charge in [0.1, 0.15) is 12.6 Å². The summed E-state index contributed by atoms with van der Waals surface area (Å²) in [5, 5.41) is 9.49. The van der Waals surface area contributed by atoms with Gasteiger partial charge in [-0.15, -0.1) is 0 Å². The molecule has 0 saturated carbocycles. The van der Waals surface area contributed by atoms with Crippen LogP contribution < -0.4 is 12.4 Å². The minimum absolute atomic E-state index is 0. The number of unbranched alkanes of at least 4 members (excludes halogenated alkanes) is 13. The van der Waals surface area contributed by atoms with Crippen LogP contribution in [0, 0.1) is 0 Å². The molecule has 0 amide bonds. The van der Waals surface area contributed by atoms with Crippen molar-refractivity contribution in [3.63, 3.8) is 0 Å². The van der Waals surface area contributed by atoms with Gasteiger partial charge in [0.15, 0.2) is 0 Å². The fourth-order valence-corrected chi connectivity index (χ4v) is 3.54. The van der Waals surface area contributed by atoms with Crippen LogP contribution in [0.1, 0.15) is 104 Å². The molecule has 0 saturated heterocycles. The quantitative estimate of drug-likeness (QED) is 0.311. The van der Waals surface area contributed by atoms with E-state index < -0.39 is 0 Å². The molecule has 0 aliphatic heterocycles. The topological polar surface area (TPSA) is 20.2 Å². The monoisotopic (exact) mass is 363 g/mol. The Kier molecular flexibility index (Phi) is 19.8. The van der Waals surface area contributed by atoms with E-state index in [0.29, 0.717) is 0 Å². The first kappa shape index (κ1) is 26.4. The van der Waals surface area contributed by atoms with Crippen LogP contribution in [0.15, 0.2) is 0 Å². The number of halogens is 1. The lowest BCUT2D eigenvalue weighted by Crippen LogP contribution is -3.00. The Morgan fingerprint density at radius 3 is 1.33 bits per heavy atom. The summed E-state index contributed by atoms with van der Waals surface area (Å²) in [6.45, 7) is 6.25.